The molecule has 1 atom stereocenters. The van der Waals surface area contributed by atoms with Crippen LogP contribution in [0.15, 0.2) is 30.3 Å². The summed E-state index contributed by atoms with van der Waals surface area (Å²) in [5.74, 6) is -0.190. The van der Waals surface area contributed by atoms with Crippen molar-refractivity contribution in [2.45, 2.75) is 32.2 Å². The van der Waals surface area contributed by atoms with Crippen molar-refractivity contribution in [3.8, 4) is 0 Å². The van der Waals surface area contributed by atoms with E-state index in [2.05, 4.69) is 12.2 Å². The topological polar surface area (TPSA) is 38.3 Å². The number of nitrogens with one attached hydrogen (secondary N) is 1. The summed E-state index contributed by atoms with van der Waals surface area (Å²) in [4.78, 5) is 11.6. The molecule has 94 valence electrons. The molecule has 0 radical (unpaired) electrons. The molecule has 3 nitrogen and oxygen atoms in total. The van der Waals surface area contributed by atoms with Crippen LogP contribution in [0.2, 0.25) is 0 Å². The molecule has 0 fully saturated rings. The number of rotatable bonds is 7. The van der Waals surface area contributed by atoms with Gasteiger partial charge in [-0.2, -0.15) is 0 Å². The van der Waals surface area contributed by atoms with E-state index in [0.717, 1.165) is 24.9 Å². The van der Waals surface area contributed by atoms with Crippen molar-refractivity contribution < 1.29 is 9.53 Å². The number of benzene rings is 1. The first-order chi connectivity index (χ1) is 8.27. The van der Waals surface area contributed by atoms with Crippen molar-refractivity contribution in [1.29, 1.82) is 0 Å². The quantitative estimate of drug-likeness (QED) is 0.581. The standard InChI is InChI=1S/C14H21NO2/c1-3-4-10-15-13(14(16)17-2)11-12-8-6-5-7-9-12/h5-9,13,15H,3-4,10-11H2,1-2H3/t13-/m0/s1. The molecule has 0 aromatic heterocycles. The van der Waals surface area contributed by atoms with Gasteiger partial charge in [-0.15, -0.1) is 0 Å². The molecule has 1 aromatic rings. The first-order valence-electron chi connectivity index (χ1n) is 6.13. The van der Waals surface area contributed by atoms with Gasteiger partial charge in [0.1, 0.15) is 6.04 Å². The molecule has 0 heterocycles. The fraction of sp³-hybridized carbons (Fsp3) is 0.500. The predicted molar refractivity (Wildman–Crippen MR) is 68.9 cm³/mol. The van der Waals surface area contributed by atoms with Crippen LogP contribution >= 0.6 is 0 Å². The van der Waals surface area contributed by atoms with E-state index in [4.69, 9.17) is 4.74 Å². The van der Waals surface area contributed by atoms with Gasteiger partial charge in [0.25, 0.3) is 0 Å². The monoisotopic (exact) mass is 235 g/mol. The van der Waals surface area contributed by atoms with Crippen molar-refractivity contribution in [3.05, 3.63) is 35.9 Å². The third kappa shape index (κ3) is 5.00. The SMILES string of the molecule is CCCCN[C@@H](Cc1ccccc1)C(=O)OC. The molecule has 0 amide bonds. The highest BCUT2D eigenvalue weighted by Gasteiger charge is 2.18. The van der Waals surface area contributed by atoms with E-state index < -0.39 is 0 Å². The normalized spacial score (nSPS) is 12.1. The number of hydrogen-bond donors (Lipinski definition) is 1. The molecule has 0 aliphatic carbocycles. The number of hydrogen-bond acceptors (Lipinski definition) is 3. The van der Waals surface area contributed by atoms with E-state index in [9.17, 15) is 4.79 Å². The van der Waals surface area contributed by atoms with Crippen LogP contribution in [0, 0.1) is 0 Å². The van der Waals surface area contributed by atoms with Crippen molar-refractivity contribution in [1.82, 2.24) is 5.32 Å². The average Bonchev–Trinajstić information content (AvgIpc) is 2.38. The van der Waals surface area contributed by atoms with Crippen LogP contribution in [0.25, 0.3) is 0 Å². The first-order valence-corrected chi connectivity index (χ1v) is 6.13. The van der Waals surface area contributed by atoms with E-state index in [0.29, 0.717) is 6.42 Å². The molecule has 0 spiro atoms. The second-order valence-corrected chi connectivity index (χ2v) is 4.07. The van der Waals surface area contributed by atoms with E-state index in [1.807, 2.05) is 30.3 Å². The van der Waals surface area contributed by atoms with Gasteiger partial charge in [0.05, 0.1) is 7.11 Å². The fourth-order valence-corrected chi connectivity index (χ4v) is 1.68. The molecule has 0 saturated carbocycles. The average molecular weight is 235 g/mol. The second-order valence-electron chi connectivity index (χ2n) is 4.07. The van der Waals surface area contributed by atoms with Gasteiger partial charge in [0.2, 0.25) is 0 Å². The summed E-state index contributed by atoms with van der Waals surface area (Å²) < 4.78 is 4.81. The summed E-state index contributed by atoms with van der Waals surface area (Å²) in [6.45, 7) is 2.98. The Bertz CT molecular complexity index is 324. The smallest absolute Gasteiger partial charge is 0.323 e. The molecule has 0 aliphatic rings. The van der Waals surface area contributed by atoms with Crippen molar-refractivity contribution in [2.24, 2.45) is 0 Å². The Morgan fingerprint density at radius 2 is 2.06 bits per heavy atom. The Morgan fingerprint density at radius 1 is 1.35 bits per heavy atom. The highest BCUT2D eigenvalue weighted by atomic mass is 16.5. The minimum atomic E-state index is -0.242. The van der Waals surface area contributed by atoms with Gasteiger partial charge in [-0.05, 0) is 24.9 Å². The summed E-state index contributed by atoms with van der Waals surface area (Å²) in [5.41, 5.74) is 1.15. The molecular formula is C14H21NO2. The minimum Gasteiger partial charge on any atom is -0.468 e. The Labute approximate surface area is 103 Å². The lowest BCUT2D eigenvalue weighted by atomic mass is 10.1. The lowest BCUT2D eigenvalue weighted by Gasteiger charge is -2.16. The lowest BCUT2D eigenvalue weighted by molar-refractivity contribution is -0.143. The summed E-state index contributed by atoms with van der Waals surface area (Å²) >= 11 is 0. The molecule has 3 heteroatoms. The number of esters is 1. The summed E-state index contributed by atoms with van der Waals surface area (Å²) in [7, 11) is 1.43. The number of unbranched alkanes of at least 4 members (excludes halogenated alkanes) is 1. The summed E-state index contributed by atoms with van der Waals surface area (Å²) in [6, 6.07) is 9.75. The molecule has 0 saturated heterocycles. The first kappa shape index (κ1) is 13.7. The number of carbonyl (C=O) groups is 1. The van der Waals surface area contributed by atoms with Crippen LogP contribution in [-0.4, -0.2) is 25.7 Å². The third-order valence-corrected chi connectivity index (χ3v) is 2.69. The minimum absolute atomic E-state index is 0.190. The fourth-order valence-electron chi connectivity index (χ4n) is 1.68. The van der Waals surface area contributed by atoms with Crippen LogP contribution in [-0.2, 0) is 16.0 Å². The van der Waals surface area contributed by atoms with E-state index in [-0.39, 0.29) is 12.0 Å². The van der Waals surface area contributed by atoms with Crippen LogP contribution in [0.1, 0.15) is 25.3 Å². The Morgan fingerprint density at radius 3 is 2.65 bits per heavy atom. The molecule has 1 aromatic carbocycles. The van der Waals surface area contributed by atoms with Gasteiger partial charge < -0.3 is 10.1 Å². The van der Waals surface area contributed by atoms with E-state index >= 15 is 0 Å². The van der Waals surface area contributed by atoms with Crippen LogP contribution in [0.4, 0.5) is 0 Å². The van der Waals surface area contributed by atoms with Gasteiger partial charge in [-0.3, -0.25) is 4.79 Å². The zero-order chi connectivity index (χ0) is 12.5. The van der Waals surface area contributed by atoms with E-state index in [1.165, 1.54) is 7.11 Å². The zero-order valence-corrected chi connectivity index (χ0v) is 10.6. The van der Waals surface area contributed by atoms with Gasteiger partial charge in [0.15, 0.2) is 0 Å². The molecular weight excluding hydrogens is 214 g/mol. The zero-order valence-electron chi connectivity index (χ0n) is 10.6. The maximum Gasteiger partial charge on any atom is 0.323 e. The van der Waals surface area contributed by atoms with Crippen molar-refractivity contribution >= 4 is 5.97 Å². The number of carbonyl (C=O) groups excluding carboxylic acids is 1. The number of ether oxygens (including phenoxy) is 1. The molecule has 0 bridgehead atoms. The third-order valence-electron chi connectivity index (χ3n) is 2.69. The molecule has 17 heavy (non-hydrogen) atoms. The van der Waals surface area contributed by atoms with Crippen molar-refractivity contribution in [3.63, 3.8) is 0 Å². The molecule has 0 unspecified atom stereocenters. The maximum atomic E-state index is 11.6. The van der Waals surface area contributed by atoms with E-state index in [1.54, 1.807) is 0 Å². The Hall–Kier alpha value is -1.35. The molecule has 1 N–H and O–H groups in total. The number of methoxy groups -OCH3 is 1. The van der Waals surface area contributed by atoms with Crippen LogP contribution in [0.5, 0.6) is 0 Å². The summed E-state index contributed by atoms with van der Waals surface area (Å²) in [5, 5.41) is 3.25. The van der Waals surface area contributed by atoms with Gasteiger partial charge >= 0.3 is 5.97 Å². The molecule has 1 rings (SSSR count). The lowest BCUT2D eigenvalue weighted by Crippen LogP contribution is -2.39. The van der Waals surface area contributed by atoms with Gasteiger partial charge in [-0.25, -0.2) is 0 Å². The Kier molecular flexibility index (Phi) is 6.33. The van der Waals surface area contributed by atoms with Crippen LogP contribution < -0.4 is 5.32 Å². The predicted octanol–water partition coefficient (Wildman–Crippen LogP) is 2.16. The highest BCUT2D eigenvalue weighted by molar-refractivity contribution is 5.76. The summed E-state index contributed by atoms with van der Waals surface area (Å²) in [6.07, 6.45) is 2.87. The van der Waals surface area contributed by atoms with Gasteiger partial charge in [-0.1, -0.05) is 43.7 Å². The highest BCUT2D eigenvalue weighted by Crippen LogP contribution is 2.04. The second kappa shape index (κ2) is 7.85. The van der Waals surface area contributed by atoms with Gasteiger partial charge in [0, 0.05) is 0 Å². The molecule has 0 aliphatic heterocycles. The maximum absolute atomic E-state index is 11.6. The Balaban J connectivity index is 2.54. The van der Waals surface area contributed by atoms with Crippen LogP contribution in [0.3, 0.4) is 0 Å². The largest absolute Gasteiger partial charge is 0.468 e. The van der Waals surface area contributed by atoms with Crippen molar-refractivity contribution in [2.75, 3.05) is 13.7 Å².